The number of nitrogens with zero attached hydrogens (tertiary/aromatic N) is 2. The topological polar surface area (TPSA) is 27.1 Å². The lowest BCUT2D eigenvalue weighted by atomic mass is 10.2. The molecule has 0 saturated carbocycles. The third kappa shape index (κ3) is 3.40. The molecule has 96 valence electrons. The lowest BCUT2D eigenvalue weighted by molar-refractivity contribution is 0.230. The zero-order valence-electron chi connectivity index (χ0n) is 10.2. The van der Waals surface area contributed by atoms with Crippen LogP contribution in [0.4, 0.5) is 0 Å². The molecule has 0 aliphatic carbocycles. The zero-order chi connectivity index (χ0) is 13.1. The van der Waals surface area contributed by atoms with Gasteiger partial charge in [-0.05, 0) is 31.5 Å². The molecule has 0 atom stereocenters. The lowest BCUT2D eigenvalue weighted by Crippen LogP contribution is -2.07. The summed E-state index contributed by atoms with van der Waals surface area (Å²) in [5.74, 6) is 0.620. The number of hydrogen-bond acceptors (Lipinski definition) is 2. The third-order valence-electron chi connectivity index (χ3n) is 2.32. The molecule has 5 heteroatoms. The molecular weight excluding hydrogens is 271 g/mol. The van der Waals surface area contributed by atoms with Crippen molar-refractivity contribution in [3.63, 3.8) is 0 Å². The molecule has 0 radical (unpaired) electrons. The molecule has 0 aliphatic heterocycles. The normalized spacial score (nSPS) is 10.9. The highest BCUT2D eigenvalue weighted by molar-refractivity contribution is 6.35. The van der Waals surface area contributed by atoms with E-state index >= 15 is 0 Å². The maximum atomic E-state index is 6.11. The Labute approximate surface area is 116 Å². The molecule has 2 rings (SSSR count). The number of hydrogen-bond donors (Lipinski definition) is 0. The average molecular weight is 285 g/mol. The third-order valence-corrected chi connectivity index (χ3v) is 2.91. The van der Waals surface area contributed by atoms with Gasteiger partial charge in [-0.25, -0.2) is 0 Å². The van der Waals surface area contributed by atoms with Crippen LogP contribution in [0.3, 0.4) is 0 Å². The minimum Gasteiger partial charge on any atom is -0.474 e. The van der Waals surface area contributed by atoms with Crippen molar-refractivity contribution < 1.29 is 4.74 Å². The smallest absolute Gasteiger partial charge is 0.232 e. The monoisotopic (exact) mass is 284 g/mol. The van der Waals surface area contributed by atoms with E-state index in [4.69, 9.17) is 27.9 Å². The van der Waals surface area contributed by atoms with E-state index in [1.165, 1.54) is 0 Å². The molecule has 18 heavy (non-hydrogen) atoms. The van der Waals surface area contributed by atoms with Gasteiger partial charge in [-0.3, -0.25) is 4.68 Å². The Balaban J connectivity index is 2.11. The van der Waals surface area contributed by atoms with Crippen LogP contribution in [0.1, 0.15) is 19.4 Å². The van der Waals surface area contributed by atoms with E-state index in [0.29, 0.717) is 22.5 Å². The molecule has 3 nitrogen and oxygen atoms in total. The number of aromatic nitrogens is 2. The first-order chi connectivity index (χ1) is 8.54. The molecule has 0 fully saturated rings. The first-order valence-electron chi connectivity index (χ1n) is 5.68. The Hall–Kier alpha value is -1.19. The number of rotatable bonds is 4. The number of benzene rings is 1. The Bertz CT molecular complexity index is 538. The summed E-state index contributed by atoms with van der Waals surface area (Å²) in [5.41, 5.74) is 0.972. The van der Waals surface area contributed by atoms with Gasteiger partial charge < -0.3 is 4.74 Å². The first-order valence-corrected chi connectivity index (χ1v) is 6.44. The molecule has 0 aliphatic rings. The van der Waals surface area contributed by atoms with Crippen molar-refractivity contribution in [1.29, 1.82) is 0 Å². The summed E-state index contributed by atoms with van der Waals surface area (Å²) in [7, 11) is 0. The van der Waals surface area contributed by atoms with E-state index in [-0.39, 0.29) is 6.10 Å². The Morgan fingerprint density at radius 1 is 1.28 bits per heavy atom. The average Bonchev–Trinajstić information content (AvgIpc) is 2.69. The largest absolute Gasteiger partial charge is 0.474 e. The molecule has 0 bridgehead atoms. The maximum Gasteiger partial charge on any atom is 0.232 e. The van der Waals surface area contributed by atoms with E-state index in [2.05, 4.69) is 5.10 Å². The Morgan fingerprint density at radius 2 is 2.06 bits per heavy atom. The van der Waals surface area contributed by atoms with Gasteiger partial charge in [-0.2, -0.15) is 0 Å². The second-order valence-electron chi connectivity index (χ2n) is 4.25. The molecule has 0 unspecified atom stereocenters. The summed E-state index contributed by atoms with van der Waals surface area (Å²) in [6, 6.07) is 7.28. The maximum absolute atomic E-state index is 6.11. The highest BCUT2D eigenvalue weighted by Gasteiger charge is 2.05. The molecule has 1 aromatic carbocycles. The number of halogens is 2. The summed E-state index contributed by atoms with van der Waals surface area (Å²) in [5, 5.41) is 5.59. The van der Waals surface area contributed by atoms with Crippen LogP contribution in [-0.4, -0.2) is 15.9 Å². The first kappa shape index (κ1) is 13.2. The van der Waals surface area contributed by atoms with Crippen molar-refractivity contribution >= 4 is 23.2 Å². The van der Waals surface area contributed by atoms with Crippen molar-refractivity contribution in [2.24, 2.45) is 0 Å². The SMILES string of the molecule is CC(C)Oc1ccn(Cc2ccc(Cl)cc2Cl)n1. The van der Waals surface area contributed by atoms with Gasteiger partial charge >= 0.3 is 0 Å². The standard InChI is InChI=1S/C13H14Cl2N2O/c1-9(2)18-13-5-6-17(16-13)8-10-3-4-11(14)7-12(10)15/h3-7,9H,8H2,1-2H3. The lowest BCUT2D eigenvalue weighted by Gasteiger charge is -2.06. The van der Waals surface area contributed by atoms with Crippen molar-refractivity contribution in [3.05, 3.63) is 46.1 Å². The highest BCUT2D eigenvalue weighted by Crippen LogP contribution is 2.22. The van der Waals surface area contributed by atoms with E-state index < -0.39 is 0 Å². The van der Waals surface area contributed by atoms with E-state index in [1.807, 2.05) is 38.2 Å². The second-order valence-corrected chi connectivity index (χ2v) is 5.10. The number of ether oxygens (including phenoxy) is 1. The molecule has 2 aromatic rings. The summed E-state index contributed by atoms with van der Waals surface area (Å²) >= 11 is 12.0. The molecule has 1 heterocycles. The van der Waals surface area contributed by atoms with Gasteiger partial charge in [-0.15, -0.1) is 5.10 Å². The van der Waals surface area contributed by atoms with Crippen LogP contribution < -0.4 is 4.74 Å². The van der Waals surface area contributed by atoms with Gasteiger partial charge in [0, 0.05) is 22.3 Å². The molecule has 1 aromatic heterocycles. The van der Waals surface area contributed by atoms with Crippen LogP contribution in [0.25, 0.3) is 0 Å². The fourth-order valence-electron chi connectivity index (χ4n) is 1.56. The molecular formula is C13H14Cl2N2O. The van der Waals surface area contributed by atoms with Crippen LogP contribution in [0.5, 0.6) is 5.88 Å². The molecule has 0 saturated heterocycles. The van der Waals surface area contributed by atoms with E-state index in [9.17, 15) is 0 Å². The summed E-state index contributed by atoms with van der Waals surface area (Å²) in [4.78, 5) is 0. The summed E-state index contributed by atoms with van der Waals surface area (Å²) in [6.07, 6.45) is 1.98. The van der Waals surface area contributed by atoms with Crippen molar-refractivity contribution in [2.45, 2.75) is 26.5 Å². The fraction of sp³-hybridized carbons (Fsp3) is 0.308. The summed E-state index contributed by atoms with van der Waals surface area (Å²) in [6.45, 7) is 4.53. The predicted molar refractivity (Wildman–Crippen MR) is 73.6 cm³/mol. The second kappa shape index (κ2) is 5.63. The van der Waals surface area contributed by atoms with Crippen LogP contribution in [0.15, 0.2) is 30.5 Å². The van der Waals surface area contributed by atoms with Gasteiger partial charge in [0.05, 0.1) is 12.6 Å². The van der Waals surface area contributed by atoms with Gasteiger partial charge in [0.25, 0.3) is 0 Å². The van der Waals surface area contributed by atoms with Gasteiger partial charge in [-0.1, -0.05) is 29.3 Å². The molecule has 0 spiro atoms. The van der Waals surface area contributed by atoms with E-state index in [1.54, 1.807) is 10.7 Å². The Morgan fingerprint density at radius 3 is 2.72 bits per heavy atom. The quantitative estimate of drug-likeness (QED) is 0.848. The minimum atomic E-state index is 0.118. The highest BCUT2D eigenvalue weighted by atomic mass is 35.5. The predicted octanol–water partition coefficient (Wildman–Crippen LogP) is 4.03. The molecule has 0 amide bonds. The van der Waals surface area contributed by atoms with Crippen LogP contribution in [0, 0.1) is 0 Å². The molecule has 0 N–H and O–H groups in total. The van der Waals surface area contributed by atoms with Gasteiger partial charge in [0.2, 0.25) is 5.88 Å². The zero-order valence-corrected chi connectivity index (χ0v) is 11.7. The van der Waals surface area contributed by atoms with Crippen LogP contribution in [0.2, 0.25) is 10.0 Å². The van der Waals surface area contributed by atoms with Crippen LogP contribution >= 0.6 is 23.2 Å². The fourth-order valence-corrected chi connectivity index (χ4v) is 2.03. The van der Waals surface area contributed by atoms with Crippen LogP contribution in [-0.2, 0) is 6.54 Å². The van der Waals surface area contributed by atoms with Gasteiger partial charge in [0.15, 0.2) is 0 Å². The van der Waals surface area contributed by atoms with Crippen molar-refractivity contribution in [1.82, 2.24) is 9.78 Å². The van der Waals surface area contributed by atoms with Crippen molar-refractivity contribution in [2.75, 3.05) is 0 Å². The van der Waals surface area contributed by atoms with Gasteiger partial charge in [0.1, 0.15) is 0 Å². The Kier molecular flexibility index (Phi) is 4.15. The summed E-state index contributed by atoms with van der Waals surface area (Å²) < 4.78 is 7.28. The van der Waals surface area contributed by atoms with E-state index in [0.717, 1.165) is 5.56 Å². The van der Waals surface area contributed by atoms with Crippen molar-refractivity contribution in [3.8, 4) is 5.88 Å². The minimum absolute atomic E-state index is 0.118.